The van der Waals surface area contributed by atoms with Crippen molar-refractivity contribution in [2.45, 2.75) is 25.3 Å². The highest BCUT2D eigenvalue weighted by atomic mass is 16.3. The number of hydrogen-bond donors (Lipinski definition) is 2. The van der Waals surface area contributed by atoms with Gasteiger partial charge in [0.1, 0.15) is 0 Å². The third-order valence-corrected chi connectivity index (χ3v) is 3.60. The molecule has 0 aromatic heterocycles. The number of amides is 2. The number of hydrogen-bond acceptors (Lipinski definition) is 4. The van der Waals surface area contributed by atoms with Gasteiger partial charge in [-0.2, -0.15) is 0 Å². The van der Waals surface area contributed by atoms with Gasteiger partial charge in [0.2, 0.25) is 5.91 Å². The van der Waals surface area contributed by atoms with E-state index in [2.05, 4.69) is 5.32 Å². The van der Waals surface area contributed by atoms with Crippen LogP contribution in [0, 0.1) is 0 Å². The number of imide groups is 1. The van der Waals surface area contributed by atoms with E-state index in [9.17, 15) is 14.7 Å². The van der Waals surface area contributed by atoms with Crippen molar-refractivity contribution >= 4 is 11.8 Å². The number of nitrogens with zero attached hydrogens (tertiary/aromatic N) is 1. The lowest BCUT2D eigenvalue weighted by Gasteiger charge is -2.33. The normalized spacial score (nSPS) is 19.6. The van der Waals surface area contributed by atoms with Crippen molar-refractivity contribution in [2.24, 2.45) is 0 Å². The molecule has 1 saturated heterocycles. The summed E-state index contributed by atoms with van der Waals surface area (Å²) in [6.45, 7) is 1.00. The average Bonchev–Trinajstić information content (AvgIpc) is 2.48. The maximum atomic E-state index is 11.9. The van der Waals surface area contributed by atoms with Crippen molar-refractivity contribution < 1.29 is 14.7 Å². The molecule has 1 aromatic rings. The summed E-state index contributed by atoms with van der Waals surface area (Å²) in [6.07, 6.45) is 3.00. The van der Waals surface area contributed by atoms with Gasteiger partial charge < -0.3 is 5.11 Å². The minimum absolute atomic E-state index is 0.0290. The Morgan fingerprint density at radius 1 is 1.25 bits per heavy atom. The van der Waals surface area contributed by atoms with Crippen molar-refractivity contribution in [3.05, 3.63) is 35.9 Å². The third-order valence-electron chi connectivity index (χ3n) is 3.60. The molecule has 1 aliphatic heterocycles. The highest BCUT2D eigenvalue weighted by molar-refractivity contribution is 6.05. The first-order chi connectivity index (χ1) is 9.70. The Morgan fingerprint density at radius 3 is 2.70 bits per heavy atom. The summed E-state index contributed by atoms with van der Waals surface area (Å²) in [5.41, 5.74) is 0.471. The molecule has 2 amide bonds. The van der Waals surface area contributed by atoms with E-state index in [-0.39, 0.29) is 31.0 Å². The largest absolute Gasteiger partial charge is 0.395 e. The van der Waals surface area contributed by atoms with E-state index in [1.165, 1.54) is 0 Å². The Balaban J connectivity index is 1.87. The first kappa shape index (κ1) is 14.7. The minimum atomic E-state index is -0.381. The van der Waals surface area contributed by atoms with Crippen LogP contribution >= 0.6 is 0 Å². The van der Waals surface area contributed by atoms with Crippen molar-refractivity contribution in [3.8, 4) is 0 Å². The molecule has 0 radical (unpaired) electrons. The molecule has 5 nitrogen and oxygen atoms in total. The second-order valence-corrected chi connectivity index (χ2v) is 5.05. The number of carbonyl (C=O) groups excluding carboxylic acids is 2. The maximum Gasteiger partial charge on any atom is 0.257 e. The van der Waals surface area contributed by atoms with Crippen LogP contribution in [0.4, 0.5) is 0 Å². The Labute approximate surface area is 118 Å². The number of rotatable bonds is 4. The van der Waals surface area contributed by atoms with Crippen LogP contribution in [0.1, 0.15) is 29.6 Å². The number of carbonyl (C=O) groups is 2. The third kappa shape index (κ3) is 3.88. The lowest BCUT2D eigenvalue weighted by molar-refractivity contribution is -0.122. The fourth-order valence-corrected chi connectivity index (χ4v) is 2.49. The quantitative estimate of drug-likeness (QED) is 0.853. The Hall–Kier alpha value is -1.72. The molecule has 1 atom stereocenters. The summed E-state index contributed by atoms with van der Waals surface area (Å²) in [6, 6.07) is 8.69. The molecule has 0 spiro atoms. The summed E-state index contributed by atoms with van der Waals surface area (Å²) in [7, 11) is 0. The summed E-state index contributed by atoms with van der Waals surface area (Å²) >= 11 is 0. The average molecular weight is 276 g/mol. The van der Waals surface area contributed by atoms with E-state index in [0.717, 1.165) is 25.8 Å². The van der Waals surface area contributed by atoms with Gasteiger partial charge in [-0.3, -0.25) is 19.8 Å². The van der Waals surface area contributed by atoms with E-state index in [0.29, 0.717) is 5.56 Å². The molecule has 1 unspecified atom stereocenters. The molecule has 2 rings (SSSR count). The minimum Gasteiger partial charge on any atom is -0.395 e. The molecule has 108 valence electrons. The highest BCUT2D eigenvalue weighted by Gasteiger charge is 2.24. The van der Waals surface area contributed by atoms with Gasteiger partial charge >= 0.3 is 0 Å². The summed E-state index contributed by atoms with van der Waals surface area (Å²) in [5, 5.41) is 11.7. The van der Waals surface area contributed by atoms with Crippen molar-refractivity contribution in [2.75, 3.05) is 19.7 Å². The molecule has 1 fully saturated rings. The molecule has 0 bridgehead atoms. The number of piperidine rings is 1. The maximum absolute atomic E-state index is 11.9. The SMILES string of the molecule is O=C(CN1CCCCC1CO)NC(=O)c1ccccc1. The number of aliphatic hydroxyl groups excluding tert-OH is 1. The smallest absolute Gasteiger partial charge is 0.257 e. The van der Waals surface area contributed by atoms with Gasteiger partial charge in [-0.15, -0.1) is 0 Å². The number of aliphatic hydroxyl groups is 1. The molecule has 0 saturated carbocycles. The second-order valence-electron chi connectivity index (χ2n) is 5.05. The molecule has 2 N–H and O–H groups in total. The first-order valence-corrected chi connectivity index (χ1v) is 6.95. The van der Waals surface area contributed by atoms with Gasteiger partial charge in [-0.25, -0.2) is 0 Å². The lowest BCUT2D eigenvalue weighted by atomic mass is 10.0. The molecule has 1 heterocycles. The van der Waals surface area contributed by atoms with Crippen LogP contribution in [0.3, 0.4) is 0 Å². The van der Waals surface area contributed by atoms with Crippen LogP contribution in [0.2, 0.25) is 0 Å². The van der Waals surface area contributed by atoms with Crippen LogP contribution in [-0.2, 0) is 4.79 Å². The van der Waals surface area contributed by atoms with Crippen molar-refractivity contribution in [1.29, 1.82) is 0 Å². The molecule has 20 heavy (non-hydrogen) atoms. The molecule has 1 aromatic carbocycles. The molecular formula is C15H20N2O3. The first-order valence-electron chi connectivity index (χ1n) is 6.95. The highest BCUT2D eigenvalue weighted by Crippen LogP contribution is 2.15. The molecular weight excluding hydrogens is 256 g/mol. The van der Waals surface area contributed by atoms with Crippen LogP contribution < -0.4 is 5.32 Å². The van der Waals surface area contributed by atoms with E-state index < -0.39 is 0 Å². The molecule has 0 aliphatic carbocycles. The van der Waals surface area contributed by atoms with Crippen LogP contribution in [0.5, 0.6) is 0 Å². The Morgan fingerprint density at radius 2 is 2.00 bits per heavy atom. The fourth-order valence-electron chi connectivity index (χ4n) is 2.49. The van der Waals surface area contributed by atoms with E-state index in [1.807, 2.05) is 11.0 Å². The van der Waals surface area contributed by atoms with Crippen molar-refractivity contribution in [3.63, 3.8) is 0 Å². The standard InChI is InChI=1S/C15H20N2O3/c18-11-13-8-4-5-9-17(13)10-14(19)16-15(20)12-6-2-1-3-7-12/h1-3,6-7,13,18H,4-5,8-11H2,(H,16,19,20). The fraction of sp³-hybridized carbons (Fsp3) is 0.467. The second kappa shape index (κ2) is 7.17. The monoisotopic (exact) mass is 276 g/mol. The van der Waals surface area contributed by atoms with Gasteiger partial charge in [0.15, 0.2) is 0 Å². The van der Waals surface area contributed by atoms with Gasteiger partial charge in [-0.05, 0) is 31.5 Å². The summed E-state index contributed by atoms with van der Waals surface area (Å²) in [4.78, 5) is 25.7. The molecule has 5 heteroatoms. The van der Waals surface area contributed by atoms with E-state index in [1.54, 1.807) is 24.3 Å². The summed E-state index contributed by atoms with van der Waals surface area (Å²) < 4.78 is 0. The zero-order valence-electron chi connectivity index (χ0n) is 11.4. The lowest BCUT2D eigenvalue weighted by Crippen LogP contribution is -2.48. The van der Waals surface area contributed by atoms with Gasteiger partial charge in [0, 0.05) is 11.6 Å². The Kier molecular flexibility index (Phi) is 5.26. The van der Waals surface area contributed by atoms with Gasteiger partial charge in [0.25, 0.3) is 5.91 Å². The topological polar surface area (TPSA) is 69.6 Å². The van der Waals surface area contributed by atoms with Crippen LogP contribution in [0.15, 0.2) is 30.3 Å². The van der Waals surface area contributed by atoms with Gasteiger partial charge in [-0.1, -0.05) is 24.6 Å². The van der Waals surface area contributed by atoms with E-state index in [4.69, 9.17) is 0 Å². The Bertz CT molecular complexity index is 461. The van der Waals surface area contributed by atoms with Gasteiger partial charge in [0.05, 0.1) is 13.2 Å². The van der Waals surface area contributed by atoms with Crippen LogP contribution in [0.25, 0.3) is 0 Å². The number of likely N-dealkylation sites (tertiary alicyclic amines) is 1. The number of benzene rings is 1. The zero-order chi connectivity index (χ0) is 14.4. The predicted molar refractivity (Wildman–Crippen MR) is 75.2 cm³/mol. The van der Waals surface area contributed by atoms with Crippen LogP contribution in [-0.4, -0.2) is 47.6 Å². The van der Waals surface area contributed by atoms with Crippen molar-refractivity contribution in [1.82, 2.24) is 10.2 Å². The molecule has 1 aliphatic rings. The zero-order valence-corrected chi connectivity index (χ0v) is 11.4. The summed E-state index contributed by atoms with van der Waals surface area (Å²) in [5.74, 6) is -0.702. The number of nitrogens with one attached hydrogen (secondary N) is 1. The predicted octanol–water partition coefficient (Wildman–Crippen LogP) is 0.790. The van der Waals surface area contributed by atoms with E-state index >= 15 is 0 Å².